The van der Waals surface area contributed by atoms with Gasteiger partial charge in [0, 0.05) is 25.2 Å². The number of carbonyl (C=O) groups is 1. The van der Waals surface area contributed by atoms with Crippen molar-refractivity contribution in [1.82, 2.24) is 19.7 Å². The summed E-state index contributed by atoms with van der Waals surface area (Å²) in [4.78, 5) is 27.5. The van der Waals surface area contributed by atoms with Crippen LogP contribution in [0.4, 0.5) is 4.39 Å². The lowest BCUT2D eigenvalue weighted by Gasteiger charge is -2.38. The Balaban J connectivity index is 1.74. The topological polar surface area (TPSA) is 97.6 Å². The van der Waals surface area contributed by atoms with Crippen LogP contribution < -0.4 is 5.43 Å². The smallest absolute Gasteiger partial charge is 0.274 e. The summed E-state index contributed by atoms with van der Waals surface area (Å²) in [6.45, 7) is 4.43. The highest BCUT2D eigenvalue weighted by atomic mass is 127. The highest BCUT2D eigenvalue weighted by Crippen LogP contribution is 2.32. The Hall–Kier alpha value is -2.38. The van der Waals surface area contributed by atoms with Crippen LogP contribution in [0.3, 0.4) is 0 Å². The first-order chi connectivity index (χ1) is 15.3. The summed E-state index contributed by atoms with van der Waals surface area (Å²) in [5.41, 5.74) is 0.304. The van der Waals surface area contributed by atoms with E-state index in [4.69, 9.17) is 3.07 Å². The van der Waals surface area contributed by atoms with E-state index in [9.17, 15) is 19.1 Å². The third-order valence-electron chi connectivity index (χ3n) is 5.32. The molecule has 1 aliphatic heterocycles. The maximum atomic E-state index is 13.1. The van der Waals surface area contributed by atoms with E-state index >= 15 is 0 Å². The van der Waals surface area contributed by atoms with Crippen molar-refractivity contribution < 1.29 is 17.4 Å². The average Bonchev–Trinajstić information content (AvgIpc) is 3.21. The molecule has 4 rings (SSSR count). The normalized spacial score (nSPS) is 16.0. The summed E-state index contributed by atoms with van der Waals surface area (Å²) in [6.07, 6.45) is 1.98. The molecular weight excluding hydrogens is 550 g/mol. The zero-order valence-corrected chi connectivity index (χ0v) is 20.3. The zero-order chi connectivity index (χ0) is 23.0. The molecule has 32 heavy (non-hydrogen) atoms. The van der Waals surface area contributed by atoms with Crippen molar-refractivity contribution in [2.45, 2.75) is 32.4 Å². The van der Waals surface area contributed by atoms with E-state index in [1.165, 1.54) is 23.5 Å². The number of hydrogen-bond donors (Lipinski definition) is 1. The quantitative estimate of drug-likeness (QED) is 0.456. The van der Waals surface area contributed by atoms with Crippen molar-refractivity contribution in [3.05, 3.63) is 62.8 Å². The predicted octanol–water partition coefficient (Wildman–Crippen LogP) is 3.57. The predicted molar refractivity (Wildman–Crippen MR) is 126 cm³/mol. The lowest BCUT2D eigenvalue weighted by Crippen LogP contribution is -2.48. The van der Waals surface area contributed by atoms with Gasteiger partial charge in [0.2, 0.25) is 5.43 Å². The minimum Gasteiger partial charge on any atom is -0.503 e. The Morgan fingerprint density at radius 2 is 2.00 bits per heavy atom. The molecule has 0 spiro atoms. The van der Waals surface area contributed by atoms with Gasteiger partial charge in [-0.2, -0.15) is 0 Å². The average molecular weight is 570 g/mol. The Morgan fingerprint density at radius 3 is 2.66 bits per heavy atom. The Morgan fingerprint density at radius 1 is 1.28 bits per heavy atom. The molecule has 1 aromatic carbocycles. The fourth-order valence-corrected chi connectivity index (χ4v) is 4.96. The van der Waals surface area contributed by atoms with Gasteiger partial charge >= 0.3 is 0 Å². The first kappa shape index (κ1) is 22.8. The van der Waals surface area contributed by atoms with E-state index in [1.807, 2.05) is 13.8 Å². The number of rotatable bonds is 6. The van der Waals surface area contributed by atoms with Crippen LogP contribution in [0.25, 0.3) is 10.6 Å². The molecule has 0 fully saturated rings. The molecule has 1 atom stereocenters. The molecule has 168 valence electrons. The Labute approximate surface area is 201 Å². The number of aromatic nitrogens is 3. The van der Waals surface area contributed by atoms with Crippen LogP contribution >= 0.6 is 34.3 Å². The number of carbonyl (C=O) groups excluding carboxylic acids is 1. The Kier molecular flexibility index (Phi) is 6.58. The van der Waals surface area contributed by atoms with Gasteiger partial charge in [0.15, 0.2) is 16.5 Å². The van der Waals surface area contributed by atoms with Crippen molar-refractivity contribution in [2.24, 2.45) is 0 Å². The van der Waals surface area contributed by atoms with Gasteiger partial charge in [-0.25, -0.2) is 4.39 Å². The number of nitrogens with zero attached hydrogens (tertiary/aromatic N) is 4. The third kappa shape index (κ3) is 4.28. The highest BCUT2D eigenvalue weighted by Gasteiger charge is 2.36. The number of pyridine rings is 1. The zero-order valence-electron chi connectivity index (χ0n) is 17.3. The van der Waals surface area contributed by atoms with E-state index in [2.05, 4.69) is 10.2 Å². The first-order valence-corrected chi connectivity index (χ1v) is 11.6. The summed E-state index contributed by atoms with van der Waals surface area (Å²) in [5, 5.41) is 20.0. The number of fused-ring (bicyclic) bond motifs is 1. The number of halogens is 2. The van der Waals surface area contributed by atoms with E-state index in [1.54, 1.807) is 50.8 Å². The summed E-state index contributed by atoms with van der Waals surface area (Å²) < 4.78 is 20.0. The number of hydrogen-bond acceptors (Lipinski definition) is 7. The van der Waals surface area contributed by atoms with E-state index in [0.717, 1.165) is 5.56 Å². The standard InChI is InChI=1S/C21H20FIN4O4S/c1-11(2)26-8-14(10-31-23)27-9-15(18(28)19(29)17(27)21(26)30)20-25-24-16(32-20)7-12-3-5-13(22)6-4-12/h3-6,9,11,14,29H,7-8,10H2,1-2H3/t14-/m0/s1. The van der Waals surface area contributed by atoms with Crippen molar-refractivity contribution in [2.75, 3.05) is 13.2 Å². The summed E-state index contributed by atoms with van der Waals surface area (Å²) in [7, 11) is 0. The molecule has 0 bridgehead atoms. The summed E-state index contributed by atoms with van der Waals surface area (Å²) in [5.74, 6) is -1.33. The largest absolute Gasteiger partial charge is 0.503 e. The van der Waals surface area contributed by atoms with Crippen LogP contribution in [0.5, 0.6) is 5.75 Å². The van der Waals surface area contributed by atoms with E-state index in [-0.39, 0.29) is 35.8 Å². The molecule has 3 aromatic rings. The Bertz CT molecular complexity index is 1210. The van der Waals surface area contributed by atoms with Gasteiger partial charge < -0.3 is 17.6 Å². The van der Waals surface area contributed by atoms with Gasteiger partial charge in [-0.05, 0) is 31.5 Å². The van der Waals surface area contributed by atoms with Gasteiger partial charge in [0.05, 0.1) is 18.2 Å². The van der Waals surface area contributed by atoms with Crippen molar-refractivity contribution in [1.29, 1.82) is 0 Å². The van der Waals surface area contributed by atoms with Crippen molar-refractivity contribution in [3.63, 3.8) is 0 Å². The molecule has 3 heterocycles. The second-order valence-corrected chi connectivity index (χ2v) is 9.45. The van der Waals surface area contributed by atoms with Crippen LogP contribution in [0.2, 0.25) is 0 Å². The van der Waals surface area contributed by atoms with Crippen LogP contribution in [0, 0.1) is 5.82 Å². The van der Waals surface area contributed by atoms with Gasteiger partial charge in [-0.1, -0.05) is 23.5 Å². The fraction of sp³-hybridized carbons (Fsp3) is 0.333. The molecule has 1 N–H and O–H groups in total. The molecule has 1 aliphatic rings. The van der Waals surface area contributed by atoms with E-state index in [0.29, 0.717) is 23.0 Å². The fourth-order valence-electron chi connectivity index (χ4n) is 3.67. The number of aromatic hydroxyl groups is 1. The minimum absolute atomic E-state index is 0.0480. The monoisotopic (exact) mass is 570 g/mol. The first-order valence-electron chi connectivity index (χ1n) is 9.90. The second-order valence-electron chi connectivity index (χ2n) is 7.76. The lowest BCUT2D eigenvalue weighted by molar-refractivity contribution is 0.0576. The van der Waals surface area contributed by atoms with Gasteiger partial charge in [0.25, 0.3) is 5.91 Å². The van der Waals surface area contributed by atoms with Crippen molar-refractivity contribution in [3.8, 4) is 16.3 Å². The minimum atomic E-state index is -0.672. The van der Waals surface area contributed by atoms with Crippen LogP contribution in [-0.2, 0) is 9.49 Å². The molecule has 1 amide bonds. The molecule has 0 radical (unpaired) electrons. The molecule has 0 saturated heterocycles. The molecule has 8 nitrogen and oxygen atoms in total. The summed E-state index contributed by atoms with van der Waals surface area (Å²) >= 11 is 3.00. The SMILES string of the molecule is CC(C)N1C[C@@H](COI)n2cc(-c3nnc(Cc4ccc(F)cc4)s3)c(=O)c(O)c2C1=O. The molecule has 0 saturated carbocycles. The maximum Gasteiger partial charge on any atom is 0.274 e. The highest BCUT2D eigenvalue weighted by molar-refractivity contribution is 14.1. The van der Waals surface area contributed by atoms with Gasteiger partial charge in [-0.3, -0.25) is 9.59 Å². The molecule has 11 heteroatoms. The van der Waals surface area contributed by atoms with Gasteiger partial charge in [-0.15, -0.1) is 10.2 Å². The third-order valence-corrected chi connectivity index (χ3v) is 6.64. The van der Waals surface area contributed by atoms with Crippen LogP contribution in [0.15, 0.2) is 35.3 Å². The molecule has 0 unspecified atom stereocenters. The summed E-state index contributed by atoms with van der Waals surface area (Å²) in [6, 6.07) is 5.70. The number of amides is 1. The number of benzene rings is 1. The maximum absolute atomic E-state index is 13.1. The van der Waals surface area contributed by atoms with Crippen LogP contribution in [0.1, 0.15) is 40.9 Å². The molecule has 0 aliphatic carbocycles. The van der Waals surface area contributed by atoms with E-state index < -0.39 is 17.1 Å². The lowest BCUT2D eigenvalue weighted by atomic mass is 10.1. The second kappa shape index (κ2) is 9.24. The van der Waals surface area contributed by atoms with Crippen molar-refractivity contribution >= 4 is 40.2 Å². The molecular formula is C21H20FIN4O4S. The molecule has 2 aromatic heterocycles. The van der Waals surface area contributed by atoms with Gasteiger partial charge in [0.1, 0.15) is 33.8 Å². The van der Waals surface area contributed by atoms with Crippen LogP contribution in [-0.4, -0.2) is 49.9 Å².